The molecule has 1 atom stereocenters. The number of aryl methyl sites for hydroxylation is 1. The number of carbonyl (C=O) groups excluding carboxylic acids is 2. The number of likely N-dealkylation sites (tertiary alicyclic amines) is 1. The van der Waals surface area contributed by atoms with Crippen molar-refractivity contribution in [2.24, 2.45) is 5.92 Å². The van der Waals surface area contributed by atoms with Crippen molar-refractivity contribution in [1.29, 1.82) is 0 Å². The summed E-state index contributed by atoms with van der Waals surface area (Å²) < 4.78 is 28.8. The van der Waals surface area contributed by atoms with Gasteiger partial charge < -0.3 is 10.2 Å². The highest BCUT2D eigenvalue weighted by Gasteiger charge is 2.31. The molecule has 0 bridgehead atoms. The number of hydrogen-bond donors (Lipinski definition) is 1. The van der Waals surface area contributed by atoms with E-state index in [1.165, 1.54) is 10.7 Å². The van der Waals surface area contributed by atoms with Gasteiger partial charge in [-0.25, -0.2) is 13.5 Å². The maximum atomic E-state index is 14.2. The molecular formula is C22H28F2N4O2. The maximum Gasteiger partial charge on any atom is 0.257 e. The van der Waals surface area contributed by atoms with Crippen LogP contribution in [0.5, 0.6) is 0 Å². The first-order valence-electron chi connectivity index (χ1n) is 10.4. The number of hydrogen-bond acceptors (Lipinski definition) is 3. The van der Waals surface area contributed by atoms with Crippen molar-refractivity contribution in [1.82, 2.24) is 20.0 Å². The summed E-state index contributed by atoms with van der Waals surface area (Å²) in [4.78, 5) is 27.3. The third-order valence-corrected chi connectivity index (χ3v) is 5.55. The van der Waals surface area contributed by atoms with E-state index in [1.54, 1.807) is 18.7 Å². The van der Waals surface area contributed by atoms with Crippen molar-refractivity contribution in [3.05, 3.63) is 46.8 Å². The number of aromatic nitrogens is 2. The number of halogens is 2. The molecule has 1 unspecified atom stereocenters. The molecule has 6 nitrogen and oxygen atoms in total. The minimum atomic E-state index is -0.749. The van der Waals surface area contributed by atoms with Gasteiger partial charge in [0.1, 0.15) is 11.5 Å². The van der Waals surface area contributed by atoms with Gasteiger partial charge in [-0.3, -0.25) is 9.59 Å². The van der Waals surface area contributed by atoms with Gasteiger partial charge >= 0.3 is 0 Å². The van der Waals surface area contributed by atoms with E-state index in [9.17, 15) is 18.4 Å². The number of nitrogens with zero attached hydrogens (tertiary/aromatic N) is 3. The van der Waals surface area contributed by atoms with Gasteiger partial charge in [-0.15, -0.1) is 0 Å². The average molecular weight is 418 g/mol. The summed E-state index contributed by atoms with van der Waals surface area (Å²) in [5.41, 5.74) is 1.43. The topological polar surface area (TPSA) is 67.2 Å². The standard InChI is InChI=1S/C22H28F2N4O2/c1-4-5-10-25-21(29)16-7-6-11-27(13-16)22(30)20-14(2)26-28(15(20)3)19-9-8-17(23)12-18(19)24/h8-9,12,16H,4-7,10-11,13H2,1-3H3,(H,25,29). The summed E-state index contributed by atoms with van der Waals surface area (Å²) in [6.07, 6.45) is 3.43. The van der Waals surface area contributed by atoms with Crippen LogP contribution in [0.25, 0.3) is 5.69 Å². The van der Waals surface area contributed by atoms with Crippen LogP contribution < -0.4 is 5.32 Å². The lowest BCUT2D eigenvalue weighted by Gasteiger charge is -2.32. The molecule has 0 aliphatic carbocycles. The molecule has 8 heteroatoms. The van der Waals surface area contributed by atoms with E-state index in [2.05, 4.69) is 17.3 Å². The minimum Gasteiger partial charge on any atom is -0.356 e. The monoisotopic (exact) mass is 418 g/mol. The summed E-state index contributed by atoms with van der Waals surface area (Å²) in [5, 5.41) is 7.26. The second kappa shape index (κ2) is 9.36. The van der Waals surface area contributed by atoms with Crippen LogP contribution in [0.3, 0.4) is 0 Å². The Kier molecular flexibility index (Phi) is 6.84. The molecule has 1 N–H and O–H groups in total. The fourth-order valence-electron chi connectivity index (χ4n) is 3.91. The van der Waals surface area contributed by atoms with Gasteiger partial charge in [-0.1, -0.05) is 13.3 Å². The predicted octanol–water partition coefficient (Wildman–Crippen LogP) is 3.54. The number of piperidine rings is 1. The summed E-state index contributed by atoms with van der Waals surface area (Å²) >= 11 is 0. The first kappa shape index (κ1) is 21.9. The lowest BCUT2D eigenvalue weighted by atomic mass is 9.96. The lowest BCUT2D eigenvalue weighted by Crippen LogP contribution is -2.45. The molecule has 1 aromatic carbocycles. The predicted molar refractivity (Wildman–Crippen MR) is 109 cm³/mol. The Morgan fingerprint density at radius 3 is 2.73 bits per heavy atom. The third kappa shape index (κ3) is 4.52. The Labute approximate surface area is 175 Å². The summed E-state index contributed by atoms with van der Waals surface area (Å²) in [5.74, 6) is -1.89. The zero-order chi connectivity index (χ0) is 21.8. The number of rotatable bonds is 6. The molecule has 1 aliphatic heterocycles. The van der Waals surface area contributed by atoms with Crippen molar-refractivity contribution >= 4 is 11.8 Å². The molecule has 2 heterocycles. The van der Waals surface area contributed by atoms with Crippen LogP contribution >= 0.6 is 0 Å². The van der Waals surface area contributed by atoms with Gasteiger partial charge in [0, 0.05) is 25.7 Å². The molecule has 1 aromatic heterocycles. The fraction of sp³-hybridized carbons (Fsp3) is 0.500. The van der Waals surface area contributed by atoms with E-state index in [0.717, 1.165) is 37.8 Å². The Bertz CT molecular complexity index is 941. The first-order chi connectivity index (χ1) is 14.3. The van der Waals surface area contributed by atoms with Crippen LogP contribution in [-0.2, 0) is 4.79 Å². The van der Waals surface area contributed by atoms with Crippen LogP contribution in [-0.4, -0.2) is 46.1 Å². The van der Waals surface area contributed by atoms with E-state index in [1.807, 2.05) is 0 Å². The molecule has 0 spiro atoms. The molecule has 3 rings (SSSR count). The average Bonchev–Trinajstić information content (AvgIpc) is 3.01. The van der Waals surface area contributed by atoms with Gasteiger partial charge in [0.2, 0.25) is 5.91 Å². The highest BCUT2D eigenvalue weighted by molar-refractivity contribution is 5.97. The molecule has 2 aromatic rings. The summed E-state index contributed by atoms with van der Waals surface area (Å²) in [6.45, 7) is 7.01. The Hall–Kier alpha value is -2.77. The third-order valence-electron chi connectivity index (χ3n) is 5.55. The molecule has 1 saturated heterocycles. The Balaban J connectivity index is 1.80. The summed E-state index contributed by atoms with van der Waals surface area (Å²) in [6, 6.07) is 3.25. The van der Waals surface area contributed by atoms with Gasteiger partial charge in [0.25, 0.3) is 5.91 Å². The normalized spacial score (nSPS) is 16.6. The largest absolute Gasteiger partial charge is 0.356 e. The van der Waals surface area contributed by atoms with E-state index in [4.69, 9.17) is 0 Å². The van der Waals surface area contributed by atoms with Crippen molar-refractivity contribution in [2.75, 3.05) is 19.6 Å². The maximum absolute atomic E-state index is 14.2. The lowest BCUT2D eigenvalue weighted by molar-refractivity contribution is -0.126. The number of benzene rings is 1. The SMILES string of the molecule is CCCCNC(=O)C1CCCN(C(=O)c2c(C)nn(-c3ccc(F)cc3F)c2C)C1. The Morgan fingerprint density at radius 2 is 2.03 bits per heavy atom. The quantitative estimate of drug-likeness (QED) is 0.730. The summed E-state index contributed by atoms with van der Waals surface area (Å²) in [7, 11) is 0. The molecule has 0 radical (unpaired) electrons. The number of carbonyl (C=O) groups is 2. The minimum absolute atomic E-state index is 0.0153. The zero-order valence-corrected chi connectivity index (χ0v) is 17.7. The molecular weight excluding hydrogens is 390 g/mol. The van der Waals surface area contributed by atoms with Gasteiger partial charge in [0.15, 0.2) is 5.82 Å². The highest BCUT2D eigenvalue weighted by Crippen LogP contribution is 2.25. The van der Waals surface area contributed by atoms with Crippen LogP contribution in [0, 0.1) is 31.4 Å². The zero-order valence-electron chi connectivity index (χ0n) is 17.7. The van der Waals surface area contributed by atoms with Gasteiger partial charge in [-0.05, 0) is 45.2 Å². The molecule has 30 heavy (non-hydrogen) atoms. The van der Waals surface area contributed by atoms with Crippen LogP contribution in [0.15, 0.2) is 18.2 Å². The molecule has 1 aliphatic rings. The molecule has 0 saturated carbocycles. The molecule has 1 fully saturated rings. The van der Waals surface area contributed by atoms with Crippen molar-refractivity contribution < 1.29 is 18.4 Å². The van der Waals surface area contributed by atoms with Crippen molar-refractivity contribution in [3.63, 3.8) is 0 Å². The van der Waals surface area contributed by atoms with Gasteiger partial charge in [-0.2, -0.15) is 5.10 Å². The second-order valence-corrected chi connectivity index (χ2v) is 7.79. The van der Waals surface area contributed by atoms with E-state index >= 15 is 0 Å². The van der Waals surface area contributed by atoms with E-state index in [-0.39, 0.29) is 23.4 Å². The first-order valence-corrected chi connectivity index (χ1v) is 10.4. The van der Waals surface area contributed by atoms with Crippen LogP contribution in [0.1, 0.15) is 54.4 Å². The fourth-order valence-corrected chi connectivity index (χ4v) is 3.91. The van der Waals surface area contributed by atoms with Crippen molar-refractivity contribution in [3.8, 4) is 5.69 Å². The second-order valence-electron chi connectivity index (χ2n) is 7.79. The van der Waals surface area contributed by atoms with Gasteiger partial charge in [0.05, 0.1) is 22.9 Å². The Morgan fingerprint density at radius 1 is 1.27 bits per heavy atom. The van der Waals surface area contributed by atoms with Crippen molar-refractivity contribution in [2.45, 2.75) is 46.5 Å². The number of nitrogens with one attached hydrogen (secondary N) is 1. The number of unbranched alkanes of at least 4 members (excludes halogenated alkanes) is 1. The molecule has 162 valence electrons. The highest BCUT2D eigenvalue weighted by atomic mass is 19.1. The van der Waals surface area contributed by atoms with E-state index < -0.39 is 11.6 Å². The molecule has 2 amide bonds. The van der Waals surface area contributed by atoms with Crippen LogP contribution in [0.4, 0.5) is 8.78 Å². The van der Waals surface area contributed by atoms with Crippen LogP contribution in [0.2, 0.25) is 0 Å². The van der Waals surface area contributed by atoms with E-state index in [0.29, 0.717) is 36.6 Å². The number of amides is 2. The smallest absolute Gasteiger partial charge is 0.257 e.